The molecule has 40 heavy (non-hydrogen) atoms. The predicted octanol–water partition coefficient (Wildman–Crippen LogP) is 7.35. The molecule has 7 rings (SSSR count). The molecule has 3 heterocycles. The first-order chi connectivity index (χ1) is 19.3. The van der Waals surface area contributed by atoms with Gasteiger partial charge in [-0.25, -0.2) is 23.7 Å². The number of benzene rings is 2. The molecule has 2 aliphatic carbocycles. The molecule has 206 valence electrons. The van der Waals surface area contributed by atoms with Gasteiger partial charge in [0.2, 0.25) is 0 Å². The number of hydrogen-bond acceptors (Lipinski definition) is 5. The van der Waals surface area contributed by atoms with Gasteiger partial charge in [-0.05, 0) is 49.4 Å². The van der Waals surface area contributed by atoms with Gasteiger partial charge in [0.15, 0.2) is 11.6 Å². The zero-order valence-electron chi connectivity index (χ0n) is 23.1. The number of para-hydroxylation sites is 1. The Kier molecular flexibility index (Phi) is 5.85. The van der Waals surface area contributed by atoms with Crippen molar-refractivity contribution in [1.82, 2.24) is 15.0 Å². The normalized spacial score (nSPS) is 24.7. The average molecular weight is 542 g/mol. The Labute approximate surface area is 233 Å². The fourth-order valence-corrected chi connectivity index (χ4v) is 7.88. The molecular weight excluding hydrogens is 508 g/mol. The first kappa shape index (κ1) is 25.7. The van der Waals surface area contributed by atoms with E-state index < -0.39 is 12.5 Å². The molecule has 2 fully saturated rings. The van der Waals surface area contributed by atoms with Crippen LogP contribution in [0.5, 0.6) is 0 Å². The molecule has 2 atom stereocenters. The first-order valence-corrected chi connectivity index (χ1v) is 14.2. The van der Waals surface area contributed by atoms with Crippen molar-refractivity contribution >= 4 is 10.9 Å². The maximum Gasteiger partial charge on any atom is 0.173 e. The molecule has 5 nitrogen and oxygen atoms in total. The van der Waals surface area contributed by atoms with Crippen LogP contribution in [-0.4, -0.2) is 34.0 Å². The van der Waals surface area contributed by atoms with Crippen molar-refractivity contribution in [1.29, 1.82) is 0 Å². The van der Waals surface area contributed by atoms with Crippen LogP contribution >= 0.6 is 0 Å². The molecule has 7 heteroatoms. The largest absolute Gasteiger partial charge is 0.347 e. The molecule has 1 aliphatic heterocycles. The zero-order valence-corrected chi connectivity index (χ0v) is 23.1. The third-order valence-electron chi connectivity index (χ3n) is 9.86. The van der Waals surface area contributed by atoms with Crippen LogP contribution in [-0.2, 0) is 28.0 Å². The third kappa shape index (κ3) is 3.60. The summed E-state index contributed by atoms with van der Waals surface area (Å²) in [6, 6.07) is 16.2. The lowest BCUT2D eigenvalue weighted by molar-refractivity contribution is -0.276. The van der Waals surface area contributed by atoms with Gasteiger partial charge in [-0.2, -0.15) is 0 Å². The summed E-state index contributed by atoms with van der Waals surface area (Å²) >= 11 is 0. The van der Waals surface area contributed by atoms with Crippen molar-refractivity contribution in [2.75, 3.05) is 13.2 Å². The molecule has 4 aromatic rings. The number of nitrogens with zero attached hydrogens (tertiary/aromatic N) is 3. The predicted molar refractivity (Wildman–Crippen MR) is 150 cm³/mol. The topological polar surface area (TPSA) is 57.1 Å². The Bertz CT molecular complexity index is 1630. The number of aromatic nitrogens is 3. The summed E-state index contributed by atoms with van der Waals surface area (Å²) in [6.07, 6.45) is 3.21. The van der Waals surface area contributed by atoms with Gasteiger partial charge in [-0.3, -0.25) is 0 Å². The minimum Gasteiger partial charge on any atom is -0.347 e. The fraction of sp³-hybridized carbons (Fsp3) is 0.424. The maximum absolute atomic E-state index is 15.3. The minimum atomic E-state index is -0.695. The third-order valence-corrected chi connectivity index (χ3v) is 9.86. The molecule has 0 amide bonds. The van der Waals surface area contributed by atoms with Gasteiger partial charge < -0.3 is 9.47 Å². The molecule has 1 saturated heterocycles. The summed E-state index contributed by atoms with van der Waals surface area (Å²) in [7, 11) is 0. The van der Waals surface area contributed by atoms with E-state index >= 15 is 4.39 Å². The van der Waals surface area contributed by atoms with Gasteiger partial charge in [-0.15, -0.1) is 0 Å². The van der Waals surface area contributed by atoms with E-state index in [1.165, 1.54) is 6.07 Å². The summed E-state index contributed by atoms with van der Waals surface area (Å²) in [5.41, 5.74) is 4.17. The Morgan fingerprint density at radius 1 is 0.900 bits per heavy atom. The van der Waals surface area contributed by atoms with Gasteiger partial charge in [0, 0.05) is 39.3 Å². The lowest BCUT2D eigenvalue weighted by Crippen LogP contribution is -2.61. The number of ether oxygens (including phenoxy) is 2. The van der Waals surface area contributed by atoms with Gasteiger partial charge in [0.05, 0.1) is 35.8 Å². The van der Waals surface area contributed by atoms with Gasteiger partial charge in [0.25, 0.3) is 0 Å². The molecule has 3 aliphatic rings. The number of halogens is 2. The number of rotatable bonds is 3. The quantitative estimate of drug-likeness (QED) is 0.271. The van der Waals surface area contributed by atoms with Crippen LogP contribution in [0.3, 0.4) is 0 Å². The molecule has 1 spiro atoms. The molecule has 2 aromatic carbocycles. The summed E-state index contributed by atoms with van der Waals surface area (Å²) in [5, 5.41) is 0.840. The van der Waals surface area contributed by atoms with Crippen molar-refractivity contribution < 1.29 is 18.3 Å². The van der Waals surface area contributed by atoms with Gasteiger partial charge >= 0.3 is 0 Å². The van der Waals surface area contributed by atoms with Crippen LogP contribution in [0.2, 0.25) is 0 Å². The molecule has 1 saturated carbocycles. The number of hydrogen-bond donors (Lipinski definition) is 0. The second-order valence-electron chi connectivity index (χ2n) is 12.2. The van der Waals surface area contributed by atoms with Crippen LogP contribution < -0.4 is 0 Å². The Morgan fingerprint density at radius 2 is 1.65 bits per heavy atom. The molecule has 0 N–H and O–H groups in total. The van der Waals surface area contributed by atoms with Crippen molar-refractivity contribution in [3.63, 3.8) is 0 Å². The average Bonchev–Trinajstić information content (AvgIpc) is 3.46. The van der Waals surface area contributed by atoms with E-state index in [2.05, 4.69) is 25.8 Å². The van der Waals surface area contributed by atoms with Crippen LogP contribution in [0, 0.1) is 17.2 Å². The van der Waals surface area contributed by atoms with E-state index in [1.54, 1.807) is 18.2 Å². The highest BCUT2D eigenvalue weighted by molar-refractivity contribution is 5.93. The Morgan fingerprint density at radius 3 is 2.42 bits per heavy atom. The second-order valence-corrected chi connectivity index (χ2v) is 12.2. The summed E-state index contributed by atoms with van der Waals surface area (Å²) < 4.78 is 41.9. The summed E-state index contributed by atoms with van der Waals surface area (Å²) in [6.45, 7) is 7.33. The standard InChI is InChI=1S/C33H33F2N3O2/c1-31(2)27-13-12-23-28(22-9-4-6-10-25(22)35)37-30(24-18-20(19-34)36-26-11-7-5-8-21(24)26)38-29(23)32(27,3)14-15-33(31)39-16-17-40-33/h4-11,18,27H,12-17,19H2,1-3H3/t27-,32-/m1/s1. The summed E-state index contributed by atoms with van der Waals surface area (Å²) in [5.74, 6) is -0.220. The SMILES string of the molecule is CC1(C)[C@H]2CCc3c(-c4ccccc4F)nc(-c4cc(CF)nc5ccccc45)nc3[C@]2(C)CCC12OCCO2. The smallest absolute Gasteiger partial charge is 0.173 e. The van der Waals surface area contributed by atoms with E-state index in [0.717, 1.165) is 42.3 Å². The Balaban J connectivity index is 1.49. The second kappa shape index (κ2) is 9.11. The van der Waals surface area contributed by atoms with Crippen molar-refractivity contribution in [3.8, 4) is 22.6 Å². The number of pyridine rings is 1. The highest BCUT2D eigenvalue weighted by Gasteiger charge is 2.63. The fourth-order valence-electron chi connectivity index (χ4n) is 7.88. The highest BCUT2D eigenvalue weighted by Crippen LogP contribution is 2.62. The van der Waals surface area contributed by atoms with Crippen LogP contribution in [0.1, 0.15) is 57.0 Å². The van der Waals surface area contributed by atoms with Crippen LogP contribution in [0.15, 0.2) is 54.6 Å². The van der Waals surface area contributed by atoms with E-state index in [0.29, 0.717) is 47.1 Å². The summed E-state index contributed by atoms with van der Waals surface area (Å²) in [4.78, 5) is 14.8. The monoisotopic (exact) mass is 541 g/mol. The molecule has 0 radical (unpaired) electrons. The number of fused-ring (bicyclic) bond motifs is 4. The molecule has 2 aromatic heterocycles. The molecule has 0 unspecified atom stereocenters. The Hall–Kier alpha value is -3.29. The van der Waals surface area contributed by atoms with Crippen molar-refractivity contribution in [2.45, 2.75) is 64.3 Å². The lowest BCUT2D eigenvalue weighted by atomic mass is 9.49. The van der Waals surface area contributed by atoms with E-state index in [9.17, 15) is 4.39 Å². The molecule has 0 bridgehead atoms. The number of alkyl halides is 1. The van der Waals surface area contributed by atoms with Crippen LogP contribution in [0.4, 0.5) is 8.78 Å². The van der Waals surface area contributed by atoms with Gasteiger partial charge in [0.1, 0.15) is 12.5 Å². The lowest BCUT2D eigenvalue weighted by Gasteiger charge is -2.59. The van der Waals surface area contributed by atoms with E-state index in [-0.39, 0.29) is 22.6 Å². The van der Waals surface area contributed by atoms with E-state index in [1.807, 2.05) is 30.3 Å². The highest BCUT2D eigenvalue weighted by atomic mass is 19.1. The van der Waals surface area contributed by atoms with Crippen LogP contribution in [0.25, 0.3) is 33.5 Å². The van der Waals surface area contributed by atoms with E-state index in [4.69, 9.17) is 19.4 Å². The first-order valence-electron chi connectivity index (χ1n) is 14.2. The maximum atomic E-state index is 15.3. The van der Waals surface area contributed by atoms with Crippen molar-refractivity contribution in [3.05, 3.63) is 77.4 Å². The van der Waals surface area contributed by atoms with Gasteiger partial charge in [-0.1, -0.05) is 51.1 Å². The zero-order chi connectivity index (χ0) is 27.7. The minimum absolute atomic E-state index is 0.228. The molecular formula is C33H33F2N3O2. The van der Waals surface area contributed by atoms with Crippen molar-refractivity contribution in [2.24, 2.45) is 11.3 Å².